The molecule has 0 aromatic carbocycles. The number of amides is 1. The quantitative estimate of drug-likeness (QED) is 0.615. The Morgan fingerprint density at radius 1 is 1.42 bits per heavy atom. The number of pyridine rings is 1. The van der Waals surface area contributed by atoms with E-state index in [1.54, 1.807) is 18.3 Å². The highest BCUT2D eigenvalue weighted by atomic mass is 16.2. The van der Waals surface area contributed by atoms with Crippen LogP contribution in [-0.4, -0.2) is 53.9 Å². The Balaban J connectivity index is 1.97. The lowest BCUT2D eigenvalue weighted by atomic mass is 10.0. The highest BCUT2D eigenvalue weighted by molar-refractivity contribution is 5.94. The molecule has 1 fully saturated rings. The number of hydrogen-bond donors (Lipinski definition) is 2. The molecule has 0 unspecified atom stereocenters. The maximum Gasteiger partial charge on any atom is 0.255 e. The van der Waals surface area contributed by atoms with E-state index < -0.39 is 0 Å². The summed E-state index contributed by atoms with van der Waals surface area (Å²) in [5, 5.41) is 0. The van der Waals surface area contributed by atoms with Crippen molar-refractivity contribution < 1.29 is 4.79 Å². The van der Waals surface area contributed by atoms with Crippen LogP contribution in [0.2, 0.25) is 0 Å². The van der Waals surface area contributed by atoms with Crippen molar-refractivity contribution >= 4 is 11.7 Å². The van der Waals surface area contributed by atoms with Crippen molar-refractivity contribution in [3.8, 4) is 0 Å². The SMILES string of the molecule is CN(C)C1CCN(C(=O)c2ccc(NN)nc2)CC1. The highest BCUT2D eigenvalue weighted by Gasteiger charge is 2.24. The van der Waals surface area contributed by atoms with Crippen LogP contribution in [0.3, 0.4) is 0 Å². The molecule has 0 spiro atoms. The van der Waals surface area contributed by atoms with Gasteiger partial charge in [0.2, 0.25) is 0 Å². The van der Waals surface area contributed by atoms with Crippen molar-refractivity contribution in [2.75, 3.05) is 32.6 Å². The number of rotatable bonds is 3. The second kappa shape index (κ2) is 5.99. The van der Waals surface area contributed by atoms with Gasteiger partial charge in [-0.25, -0.2) is 10.8 Å². The minimum Gasteiger partial charge on any atom is -0.338 e. The van der Waals surface area contributed by atoms with Crippen LogP contribution >= 0.6 is 0 Å². The van der Waals surface area contributed by atoms with Gasteiger partial charge in [0.15, 0.2) is 0 Å². The van der Waals surface area contributed by atoms with Crippen LogP contribution in [-0.2, 0) is 0 Å². The van der Waals surface area contributed by atoms with Gasteiger partial charge in [-0.15, -0.1) is 0 Å². The molecule has 1 aliphatic rings. The van der Waals surface area contributed by atoms with E-state index in [9.17, 15) is 4.79 Å². The Morgan fingerprint density at radius 2 is 2.11 bits per heavy atom. The van der Waals surface area contributed by atoms with Crippen LogP contribution in [0.4, 0.5) is 5.82 Å². The summed E-state index contributed by atoms with van der Waals surface area (Å²) < 4.78 is 0. The monoisotopic (exact) mass is 263 g/mol. The van der Waals surface area contributed by atoms with E-state index in [0.717, 1.165) is 25.9 Å². The molecule has 0 bridgehead atoms. The van der Waals surface area contributed by atoms with Crippen molar-refractivity contribution in [3.05, 3.63) is 23.9 Å². The van der Waals surface area contributed by atoms with Gasteiger partial charge in [0.25, 0.3) is 5.91 Å². The second-order valence-electron chi connectivity index (χ2n) is 5.06. The first-order valence-corrected chi connectivity index (χ1v) is 6.50. The molecule has 0 radical (unpaired) electrons. The number of aromatic nitrogens is 1. The Kier molecular flexibility index (Phi) is 4.34. The predicted octanol–water partition coefficient (Wildman–Crippen LogP) is 0.533. The Labute approximate surface area is 113 Å². The largest absolute Gasteiger partial charge is 0.338 e. The molecule has 3 N–H and O–H groups in total. The van der Waals surface area contributed by atoms with Crippen LogP contribution < -0.4 is 11.3 Å². The fourth-order valence-electron chi connectivity index (χ4n) is 2.37. The van der Waals surface area contributed by atoms with Crippen LogP contribution in [0.25, 0.3) is 0 Å². The van der Waals surface area contributed by atoms with Crippen LogP contribution in [0.15, 0.2) is 18.3 Å². The summed E-state index contributed by atoms with van der Waals surface area (Å²) in [6.07, 6.45) is 3.61. The Hall–Kier alpha value is -1.66. The minimum absolute atomic E-state index is 0.0493. The third kappa shape index (κ3) is 3.21. The third-order valence-corrected chi connectivity index (χ3v) is 3.64. The molecule has 2 heterocycles. The second-order valence-corrected chi connectivity index (χ2v) is 5.06. The van der Waals surface area contributed by atoms with Gasteiger partial charge >= 0.3 is 0 Å². The van der Waals surface area contributed by atoms with Crippen molar-refractivity contribution in [1.82, 2.24) is 14.8 Å². The van der Waals surface area contributed by atoms with Crippen LogP contribution in [0.1, 0.15) is 23.2 Å². The van der Waals surface area contributed by atoms with Gasteiger partial charge in [-0.1, -0.05) is 0 Å². The zero-order valence-corrected chi connectivity index (χ0v) is 11.5. The number of nitrogens with one attached hydrogen (secondary N) is 1. The van der Waals surface area contributed by atoms with E-state index in [2.05, 4.69) is 29.4 Å². The van der Waals surface area contributed by atoms with Crippen molar-refractivity contribution in [3.63, 3.8) is 0 Å². The number of carbonyl (C=O) groups is 1. The van der Waals surface area contributed by atoms with Crippen LogP contribution in [0, 0.1) is 0 Å². The smallest absolute Gasteiger partial charge is 0.255 e. The third-order valence-electron chi connectivity index (χ3n) is 3.64. The number of anilines is 1. The summed E-state index contributed by atoms with van der Waals surface area (Å²) >= 11 is 0. The summed E-state index contributed by atoms with van der Waals surface area (Å²) in [5.41, 5.74) is 3.06. The van der Waals surface area contributed by atoms with Crippen molar-refractivity contribution in [2.45, 2.75) is 18.9 Å². The molecule has 1 aliphatic heterocycles. The number of hydrazine groups is 1. The van der Waals surface area contributed by atoms with Crippen molar-refractivity contribution in [1.29, 1.82) is 0 Å². The van der Waals surface area contributed by atoms with Gasteiger partial charge in [0, 0.05) is 25.3 Å². The molecule has 2 rings (SSSR count). The fourth-order valence-corrected chi connectivity index (χ4v) is 2.37. The van der Waals surface area contributed by atoms with Crippen molar-refractivity contribution in [2.24, 2.45) is 5.84 Å². The lowest BCUT2D eigenvalue weighted by Gasteiger charge is -2.35. The standard InChI is InChI=1S/C13H21N5O/c1-17(2)11-5-7-18(8-6-11)13(19)10-3-4-12(16-14)15-9-10/h3-4,9,11H,5-8,14H2,1-2H3,(H,15,16). The minimum atomic E-state index is 0.0493. The van der Waals surface area contributed by atoms with E-state index in [4.69, 9.17) is 5.84 Å². The lowest BCUT2D eigenvalue weighted by Crippen LogP contribution is -2.44. The zero-order valence-electron chi connectivity index (χ0n) is 11.5. The molecule has 0 aliphatic carbocycles. The highest BCUT2D eigenvalue weighted by Crippen LogP contribution is 2.16. The summed E-state index contributed by atoms with van der Waals surface area (Å²) in [6.45, 7) is 1.61. The van der Waals surface area contributed by atoms with E-state index >= 15 is 0 Å². The predicted molar refractivity (Wildman–Crippen MR) is 74.7 cm³/mol. The van der Waals surface area contributed by atoms with Gasteiger partial charge in [0.05, 0.1) is 5.56 Å². The number of nitrogens with zero attached hydrogens (tertiary/aromatic N) is 3. The topological polar surface area (TPSA) is 74.5 Å². The number of hydrogen-bond acceptors (Lipinski definition) is 5. The average molecular weight is 263 g/mol. The molecule has 104 valence electrons. The number of nitrogen functional groups attached to an aromatic ring is 1. The molecule has 6 heteroatoms. The summed E-state index contributed by atoms with van der Waals surface area (Å²) in [7, 11) is 4.18. The van der Waals surface area contributed by atoms with Gasteiger partial charge in [-0.2, -0.15) is 0 Å². The first-order chi connectivity index (χ1) is 9.11. The van der Waals surface area contributed by atoms with E-state index in [-0.39, 0.29) is 5.91 Å². The van der Waals surface area contributed by atoms with Gasteiger partial charge in [-0.3, -0.25) is 4.79 Å². The fraction of sp³-hybridized carbons (Fsp3) is 0.538. The maximum absolute atomic E-state index is 12.3. The summed E-state index contributed by atoms with van der Waals surface area (Å²) in [4.78, 5) is 20.5. The zero-order chi connectivity index (χ0) is 13.8. The molecular formula is C13H21N5O. The molecule has 1 saturated heterocycles. The number of nitrogens with two attached hydrogens (primary N) is 1. The lowest BCUT2D eigenvalue weighted by molar-refractivity contribution is 0.0663. The van der Waals surface area contributed by atoms with E-state index in [0.29, 0.717) is 17.4 Å². The first kappa shape index (κ1) is 13.8. The van der Waals surface area contributed by atoms with E-state index in [1.165, 1.54) is 0 Å². The number of piperidine rings is 1. The molecule has 0 saturated carbocycles. The Bertz CT molecular complexity index is 423. The number of likely N-dealkylation sites (tertiary alicyclic amines) is 1. The van der Waals surface area contributed by atoms with Gasteiger partial charge < -0.3 is 15.2 Å². The number of carbonyl (C=O) groups excluding carboxylic acids is 1. The molecule has 1 aromatic rings. The molecule has 6 nitrogen and oxygen atoms in total. The molecule has 19 heavy (non-hydrogen) atoms. The Morgan fingerprint density at radius 3 is 2.58 bits per heavy atom. The normalized spacial score (nSPS) is 16.7. The van der Waals surface area contributed by atoms with Gasteiger partial charge in [-0.05, 0) is 39.1 Å². The molecule has 0 atom stereocenters. The van der Waals surface area contributed by atoms with Gasteiger partial charge in [0.1, 0.15) is 5.82 Å². The van der Waals surface area contributed by atoms with Crippen LogP contribution in [0.5, 0.6) is 0 Å². The first-order valence-electron chi connectivity index (χ1n) is 6.50. The maximum atomic E-state index is 12.3. The molecule has 1 aromatic heterocycles. The average Bonchev–Trinajstić information content (AvgIpc) is 2.46. The van der Waals surface area contributed by atoms with E-state index in [1.807, 2.05) is 4.90 Å². The molecular weight excluding hydrogens is 242 g/mol. The molecule has 1 amide bonds. The summed E-state index contributed by atoms with van der Waals surface area (Å²) in [6, 6.07) is 4.04. The summed E-state index contributed by atoms with van der Waals surface area (Å²) in [5.74, 6) is 5.86.